The molecule has 0 aliphatic carbocycles. The SMILES string of the molecule is COCC(=O)Nc1ccc(Br)c([N+](=O)[O-])c1. The van der Waals surface area contributed by atoms with Crippen molar-refractivity contribution in [1.29, 1.82) is 0 Å². The van der Waals surface area contributed by atoms with Gasteiger partial charge in [0.1, 0.15) is 6.61 Å². The number of hydrogen-bond acceptors (Lipinski definition) is 4. The number of hydrogen-bond donors (Lipinski definition) is 1. The van der Waals surface area contributed by atoms with Gasteiger partial charge in [-0.15, -0.1) is 0 Å². The standard InChI is InChI=1S/C9H9BrN2O4/c1-16-5-9(13)11-6-2-3-7(10)8(4-6)12(14)15/h2-4H,5H2,1H3,(H,11,13). The van der Waals surface area contributed by atoms with Crippen molar-refractivity contribution in [3.05, 3.63) is 32.8 Å². The largest absolute Gasteiger partial charge is 0.375 e. The molecule has 0 aliphatic rings. The molecule has 0 atom stereocenters. The lowest BCUT2D eigenvalue weighted by Crippen LogP contribution is -2.17. The Morgan fingerprint density at radius 2 is 2.31 bits per heavy atom. The van der Waals surface area contributed by atoms with Gasteiger partial charge in [0.05, 0.1) is 9.40 Å². The minimum absolute atomic E-state index is 0.0934. The van der Waals surface area contributed by atoms with Crippen LogP contribution in [0.25, 0.3) is 0 Å². The summed E-state index contributed by atoms with van der Waals surface area (Å²) < 4.78 is 4.99. The fourth-order valence-corrected chi connectivity index (χ4v) is 1.45. The topological polar surface area (TPSA) is 81.5 Å². The van der Waals surface area contributed by atoms with Gasteiger partial charge in [0.25, 0.3) is 5.69 Å². The summed E-state index contributed by atoms with van der Waals surface area (Å²) in [4.78, 5) is 21.3. The molecule has 16 heavy (non-hydrogen) atoms. The molecule has 0 spiro atoms. The van der Waals surface area contributed by atoms with Crippen LogP contribution in [0, 0.1) is 10.1 Å². The number of methoxy groups -OCH3 is 1. The van der Waals surface area contributed by atoms with Crippen LogP contribution in [-0.4, -0.2) is 24.5 Å². The van der Waals surface area contributed by atoms with E-state index in [0.29, 0.717) is 10.2 Å². The Morgan fingerprint density at radius 3 is 2.88 bits per heavy atom. The fourth-order valence-electron chi connectivity index (χ4n) is 1.06. The Hall–Kier alpha value is -1.47. The van der Waals surface area contributed by atoms with Crippen molar-refractivity contribution in [2.75, 3.05) is 19.0 Å². The zero-order valence-corrected chi connectivity index (χ0v) is 9.98. The molecule has 0 aromatic heterocycles. The summed E-state index contributed by atoms with van der Waals surface area (Å²) in [6, 6.07) is 4.34. The van der Waals surface area contributed by atoms with Crippen molar-refractivity contribution in [2.24, 2.45) is 0 Å². The molecule has 0 unspecified atom stereocenters. The number of carbonyl (C=O) groups is 1. The van der Waals surface area contributed by atoms with Gasteiger partial charge in [0.2, 0.25) is 5.91 Å². The van der Waals surface area contributed by atoms with E-state index < -0.39 is 4.92 Å². The number of ether oxygens (including phenoxy) is 1. The van der Waals surface area contributed by atoms with Gasteiger partial charge in [-0.3, -0.25) is 14.9 Å². The summed E-state index contributed by atoms with van der Waals surface area (Å²) in [5.74, 6) is -0.362. The monoisotopic (exact) mass is 288 g/mol. The highest BCUT2D eigenvalue weighted by Gasteiger charge is 2.13. The molecule has 1 aromatic rings. The second kappa shape index (κ2) is 5.57. The lowest BCUT2D eigenvalue weighted by atomic mass is 10.3. The molecule has 1 N–H and O–H groups in total. The predicted octanol–water partition coefficient (Wildman–Crippen LogP) is 1.94. The van der Waals surface area contributed by atoms with Gasteiger partial charge >= 0.3 is 0 Å². The molecule has 0 bridgehead atoms. The van der Waals surface area contributed by atoms with Gasteiger partial charge in [0.15, 0.2) is 0 Å². The van der Waals surface area contributed by atoms with Crippen LogP contribution in [0.2, 0.25) is 0 Å². The predicted molar refractivity (Wildman–Crippen MR) is 61.3 cm³/mol. The Morgan fingerprint density at radius 1 is 1.62 bits per heavy atom. The highest BCUT2D eigenvalue weighted by atomic mass is 79.9. The lowest BCUT2D eigenvalue weighted by Gasteiger charge is -2.04. The number of nitrogens with zero attached hydrogens (tertiary/aromatic N) is 1. The number of nitrogens with one attached hydrogen (secondary N) is 1. The van der Waals surface area contributed by atoms with Crippen LogP contribution < -0.4 is 5.32 Å². The first-order valence-electron chi connectivity index (χ1n) is 4.27. The first-order valence-corrected chi connectivity index (χ1v) is 5.06. The van der Waals surface area contributed by atoms with E-state index in [2.05, 4.69) is 26.0 Å². The third-order valence-corrected chi connectivity index (χ3v) is 2.37. The molecule has 7 heteroatoms. The third kappa shape index (κ3) is 3.28. The summed E-state index contributed by atoms with van der Waals surface area (Å²) in [6.07, 6.45) is 0. The van der Waals surface area contributed by atoms with Gasteiger partial charge in [-0.2, -0.15) is 0 Å². The number of nitro benzene ring substituents is 1. The fraction of sp³-hybridized carbons (Fsp3) is 0.222. The van der Waals surface area contributed by atoms with E-state index in [4.69, 9.17) is 0 Å². The number of nitro groups is 1. The Balaban J connectivity index is 2.87. The minimum atomic E-state index is -0.532. The molecule has 0 heterocycles. The average Bonchev–Trinajstić information content (AvgIpc) is 2.21. The van der Waals surface area contributed by atoms with E-state index in [9.17, 15) is 14.9 Å². The van der Waals surface area contributed by atoms with Gasteiger partial charge in [0, 0.05) is 18.9 Å². The van der Waals surface area contributed by atoms with E-state index in [1.54, 1.807) is 6.07 Å². The highest BCUT2D eigenvalue weighted by Crippen LogP contribution is 2.27. The zero-order chi connectivity index (χ0) is 12.1. The number of anilines is 1. The van der Waals surface area contributed by atoms with Crippen LogP contribution in [0.5, 0.6) is 0 Å². The van der Waals surface area contributed by atoms with E-state index >= 15 is 0 Å². The second-order valence-electron chi connectivity index (χ2n) is 2.90. The van der Waals surface area contributed by atoms with Gasteiger partial charge in [-0.25, -0.2) is 0 Å². The molecule has 0 fully saturated rings. The molecule has 0 aliphatic heterocycles. The first-order chi connectivity index (χ1) is 7.54. The van der Waals surface area contributed by atoms with Crippen LogP contribution in [0.3, 0.4) is 0 Å². The average molecular weight is 289 g/mol. The van der Waals surface area contributed by atoms with Crippen molar-refractivity contribution < 1.29 is 14.5 Å². The molecule has 0 saturated carbocycles. The number of benzene rings is 1. The summed E-state index contributed by atoms with van der Waals surface area (Å²) in [7, 11) is 1.39. The Kier molecular flexibility index (Phi) is 4.39. The molecular weight excluding hydrogens is 280 g/mol. The maximum atomic E-state index is 11.2. The van der Waals surface area contributed by atoms with Crippen LogP contribution in [0.15, 0.2) is 22.7 Å². The normalized spacial score (nSPS) is 9.88. The number of amides is 1. The van der Waals surface area contributed by atoms with Crippen molar-refractivity contribution in [2.45, 2.75) is 0 Å². The minimum Gasteiger partial charge on any atom is -0.375 e. The Labute approximate surface area is 99.9 Å². The van der Waals surface area contributed by atoms with Crippen molar-refractivity contribution >= 4 is 33.2 Å². The molecule has 6 nitrogen and oxygen atoms in total. The molecule has 0 radical (unpaired) electrons. The molecule has 1 amide bonds. The van der Waals surface area contributed by atoms with Gasteiger partial charge in [-0.1, -0.05) is 0 Å². The van der Waals surface area contributed by atoms with E-state index in [-0.39, 0.29) is 18.2 Å². The summed E-state index contributed by atoms with van der Waals surface area (Å²) >= 11 is 3.05. The second-order valence-corrected chi connectivity index (χ2v) is 3.76. The molecule has 0 saturated heterocycles. The molecular formula is C9H9BrN2O4. The van der Waals surface area contributed by atoms with Crippen LogP contribution in [-0.2, 0) is 9.53 Å². The van der Waals surface area contributed by atoms with Crippen molar-refractivity contribution in [3.63, 3.8) is 0 Å². The van der Waals surface area contributed by atoms with Gasteiger partial charge < -0.3 is 10.1 Å². The molecule has 1 rings (SSSR count). The van der Waals surface area contributed by atoms with E-state index in [0.717, 1.165) is 0 Å². The van der Waals surface area contributed by atoms with Crippen LogP contribution in [0.4, 0.5) is 11.4 Å². The van der Waals surface area contributed by atoms with Crippen molar-refractivity contribution in [1.82, 2.24) is 0 Å². The first kappa shape index (κ1) is 12.6. The van der Waals surface area contributed by atoms with Crippen LogP contribution in [0.1, 0.15) is 0 Å². The third-order valence-electron chi connectivity index (χ3n) is 1.70. The summed E-state index contributed by atoms with van der Waals surface area (Å²) in [5, 5.41) is 13.1. The maximum Gasteiger partial charge on any atom is 0.285 e. The molecule has 86 valence electrons. The number of rotatable bonds is 4. The number of carbonyl (C=O) groups excluding carboxylic acids is 1. The smallest absolute Gasteiger partial charge is 0.285 e. The van der Waals surface area contributed by atoms with E-state index in [1.807, 2.05) is 0 Å². The maximum absolute atomic E-state index is 11.2. The van der Waals surface area contributed by atoms with Gasteiger partial charge in [-0.05, 0) is 28.1 Å². The zero-order valence-electron chi connectivity index (χ0n) is 8.40. The van der Waals surface area contributed by atoms with Crippen molar-refractivity contribution in [3.8, 4) is 0 Å². The summed E-state index contributed by atoms with van der Waals surface area (Å²) in [5.41, 5.74) is 0.257. The molecule has 1 aromatic carbocycles. The quantitative estimate of drug-likeness (QED) is 0.678. The van der Waals surface area contributed by atoms with Crippen LogP contribution >= 0.6 is 15.9 Å². The highest BCUT2D eigenvalue weighted by molar-refractivity contribution is 9.10. The number of halogens is 1. The summed E-state index contributed by atoms with van der Waals surface area (Å²) in [6.45, 7) is -0.0934. The van der Waals surface area contributed by atoms with E-state index in [1.165, 1.54) is 19.2 Å². The lowest BCUT2D eigenvalue weighted by molar-refractivity contribution is -0.385. The Bertz CT molecular complexity index is 422.